The predicted octanol–water partition coefficient (Wildman–Crippen LogP) is 9.56. The minimum Gasteiger partial charge on any atom is -0.462 e. The van der Waals surface area contributed by atoms with E-state index in [1.165, 1.54) is 0 Å². The molecule has 0 aliphatic carbocycles. The third kappa shape index (κ3) is 38.4. The van der Waals surface area contributed by atoms with E-state index in [1.54, 1.807) is 30.4 Å². The average Bonchev–Trinajstić information content (AvgIpc) is 3.13. The van der Waals surface area contributed by atoms with Crippen LogP contribution < -0.4 is 0 Å². The molecule has 11 heteroatoms. The molecule has 0 aromatic heterocycles. The number of aliphatic hydroxyl groups excluding tert-OH is 2. The van der Waals surface area contributed by atoms with Crippen molar-refractivity contribution in [1.82, 2.24) is 0 Å². The van der Waals surface area contributed by atoms with Gasteiger partial charge in [0.15, 0.2) is 6.10 Å². The Morgan fingerprint density at radius 3 is 1.87 bits per heavy atom. The number of hydrogen-bond acceptors (Lipinski definition) is 8. The molecule has 0 aromatic carbocycles. The van der Waals surface area contributed by atoms with Gasteiger partial charge in [0.25, 0.3) is 0 Å². The molecule has 304 valence electrons. The predicted molar refractivity (Wildman–Crippen MR) is 218 cm³/mol. The fraction of sp³-hybridized carbons (Fsp3) is 0.535. The van der Waals surface area contributed by atoms with E-state index in [0.717, 1.165) is 57.8 Å². The van der Waals surface area contributed by atoms with E-state index in [-0.39, 0.29) is 19.4 Å². The van der Waals surface area contributed by atoms with Gasteiger partial charge in [0.05, 0.1) is 18.8 Å². The first kappa shape index (κ1) is 50.6. The summed E-state index contributed by atoms with van der Waals surface area (Å²) in [5.41, 5.74) is 0. The molecular formula is C43H67O10P. The number of carbonyl (C=O) groups is 2. The van der Waals surface area contributed by atoms with Gasteiger partial charge >= 0.3 is 19.8 Å². The van der Waals surface area contributed by atoms with Gasteiger partial charge in [-0.2, -0.15) is 0 Å². The number of phosphoric acid groups is 1. The number of aliphatic hydroxyl groups is 2. The zero-order valence-electron chi connectivity index (χ0n) is 32.5. The molecule has 0 rings (SSSR count). The van der Waals surface area contributed by atoms with Crippen molar-refractivity contribution in [3.8, 4) is 0 Å². The highest BCUT2D eigenvalue weighted by atomic mass is 31.2. The van der Waals surface area contributed by atoms with E-state index in [2.05, 4.69) is 47.9 Å². The molecular weight excluding hydrogens is 707 g/mol. The van der Waals surface area contributed by atoms with Crippen molar-refractivity contribution >= 4 is 19.8 Å². The summed E-state index contributed by atoms with van der Waals surface area (Å²) >= 11 is 0. The summed E-state index contributed by atoms with van der Waals surface area (Å²) in [5.74, 6) is -1.10. The molecule has 54 heavy (non-hydrogen) atoms. The summed E-state index contributed by atoms with van der Waals surface area (Å²) in [6.45, 7) is 3.18. The van der Waals surface area contributed by atoms with Crippen LogP contribution in [-0.4, -0.2) is 63.5 Å². The summed E-state index contributed by atoms with van der Waals surface area (Å²) in [6.07, 6.45) is 44.5. The van der Waals surface area contributed by atoms with Gasteiger partial charge in [-0.3, -0.25) is 14.1 Å². The smallest absolute Gasteiger partial charge is 0.462 e. The number of unbranched alkanes of at least 4 members (excludes halogenated alkanes) is 6. The second kappa shape index (κ2) is 36.6. The minimum atomic E-state index is -4.82. The summed E-state index contributed by atoms with van der Waals surface area (Å²) in [4.78, 5) is 42.8. The van der Waals surface area contributed by atoms with Crippen LogP contribution in [0.25, 0.3) is 0 Å². The molecule has 4 N–H and O–H groups in total. The maximum atomic E-state index is 12.4. The van der Waals surface area contributed by atoms with E-state index in [1.807, 2.05) is 49.5 Å². The van der Waals surface area contributed by atoms with Gasteiger partial charge in [-0.1, -0.05) is 142 Å². The maximum absolute atomic E-state index is 12.4. The Kier molecular flexibility index (Phi) is 34.3. The zero-order chi connectivity index (χ0) is 40.0. The van der Waals surface area contributed by atoms with Crippen LogP contribution in [0.2, 0.25) is 0 Å². The largest absolute Gasteiger partial charge is 0.469 e. The minimum absolute atomic E-state index is 0.0146. The Morgan fingerprint density at radius 2 is 1.17 bits per heavy atom. The molecule has 0 aliphatic heterocycles. The fourth-order valence-corrected chi connectivity index (χ4v) is 4.96. The third-order valence-corrected chi connectivity index (χ3v) is 7.95. The summed E-state index contributed by atoms with van der Waals surface area (Å²) in [7, 11) is -4.82. The van der Waals surface area contributed by atoms with Crippen molar-refractivity contribution in [2.24, 2.45) is 0 Å². The number of ether oxygens (including phenoxy) is 2. The molecule has 0 bridgehead atoms. The number of hydrogen-bond donors (Lipinski definition) is 4. The number of esters is 2. The first-order valence-electron chi connectivity index (χ1n) is 19.4. The summed E-state index contributed by atoms with van der Waals surface area (Å²) in [6, 6.07) is 0. The lowest BCUT2D eigenvalue weighted by atomic mass is 10.1. The molecule has 0 amide bonds. The lowest BCUT2D eigenvalue weighted by Gasteiger charge is -2.18. The standard InChI is InChI=1S/C43H67O10P/c1-3-5-7-8-9-10-11-12-13-14-15-16-20-23-29-35-42(46)51-37-41(38-52-54(48,49)50)53-43(47)36-30-24-28-34-40(45)33-27-22-19-17-18-21-26-32-39(44)31-25-6-4-2/h5-7,9-10,12-13,18-19,21-22,25-28,32-34,39-41,44-45H,3-4,8,11,14-17,20,23-24,29-31,35-38H2,1-2H3,(H2,48,49,50)/b7-5-,10-9-,13-12-,21-18-,22-19-,25-6-,32-26+,33-27+,34-28-/t39-,40-,41+/m0/s1. The van der Waals surface area contributed by atoms with E-state index in [4.69, 9.17) is 19.3 Å². The average molecular weight is 775 g/mol. The van der Waals surface area contributed by atoms with Gasteiger partial charge in [0.1, 0.15) is 6.61 Å². The second-order valence-corrected chi connectivity index (χ2v) is 13.8. The van der Waals surface area contributed by atoms with Crippen LogP contribution >= 0.6 is 7.82 Å². The van der Waals surface area contributed by atoms with Crippen molar-refractivity contribution in [3.63, 3.8) is 0 Å². The monoisotopic (exact) mass is 774 g/mol. The molecule has 0 saturated heterocycles. The van der Waals surface area contributed by atoms with Gasteiger partial charge in [-0.15, -0.1) is 0 Å². The molecule has 0 radical (unpaired) electrons. The van der Waals surface area contributed by atoms with Crippen LogP contribution in [0, 0.1) is 0 Å². The number of allylic oxidation sites excluding steroid dienone is 14. The molecule has 10 nitrogen and oxygen atoms in total. The van der Waals surface area contributed by atoms with E-state index >= 15 is 0 Å². The summed E-state index contributed by atoms with van der Waals surface area (Å²) in [5, 5.41) is 19.9. The van der Waals surface area contributed by atoms with Gasteiger partial charge < -0.3 is 29.5 Å². The zero-order valence-corrected chi connectivity index (χ0v) is 33.4. The molecule has 0 heterocycles. The first-order chi connectivity index (χ1) is 26.1. The lowest BCUT2D eigenvalue weighted by molar-refractivity contribution is -0.161. The van der Waals surface area contributed by atoms with Gasteiger partial charge in [-0.05, 0) is 70.6 Å². The highest BCUT2D eigenvalue weighted by Crippen LogP contribution is 2.35. The van der Waals surface area contributed by atoms with Crippen LogP contribution in [0.1, 0.15) is 117 Å². The van der Waals surface area contributed by atoms with Gasteiger partial charge in [0, 0.05) is 12.8 Å². The van der Waals surface area contributed by atoms with Crippen LogP contribution in [0.4, 0.5) is 0 Å². The van der Waals surface area contributed by atoms with Gasteiger partial charge in [-0.25, -0.2) is 4.57 Å². The molecule has 0 fully saturated rings. The Labute approximate surface area is 324 Å². The van der Waals surface area contributed by atoms with Crippen molar-refractivity contribution in [1.29, 1.82) is 0 Å². The van der Waals surface area contributed by atoms with E-state index in [0.29, 0.717) is 32.1 Å². The molecule has 0 aliphatic rings. The maximum Gasteiger partial charge on any atom is 0.469 e. The Hall–Kier alpha value is -3.37. The van der Waals surface area contributed by atoms with Crippen molar-refractivity contribution < 1.29 is 48.2 Å². The highest BCUT2D eigenvalue weighted by molar-refractivity contribution is 7.46. The van der Waals surface area contributed by atoms with Crippen molar-refractivity contribution in [2.45, 2.75) is 135 Å². The van der Waals surface area contributed by atoms with Crippen LogP contribution in [-0.2, 0) is 28.2 Å². The van der Waals surface area contributed by atoms with Crippen LogP contribution in [0.5, 0.6) is 0 Å². The normalized spacial score (nSPS) is 14.9. The molecule has 0 aromatic rings. The number of carbonyl (C=O) groups excluding carboxylic acids is 2. The number of phosphoric ester groups is 1. The highest BCUT2D eigenvalue weighted by Gasteiger charge is 2.22. The van der Waals surface area contributed by atoms with Gasteiger partial charge in [0.2, 0.25) is 0 Å². The van der Waals surface area contributed by atoms with E-state index < -0.39 is 44.7 Å². The molecule has 0 saturated carbocycles. The van der Waals surface area contributed by atoms with Crippen molar-refractivity contribution in [2.75, 3.05) is 13.2 Å². The SMILES string of the molecule is CC/C=C\C/C=C\C/C=C\CCCCCCCC(=O)OC[C@H](COP(=O)(O)O)OC(=O)CCC/C=C\[C@@H](O)/C=C/C=C\C/C=C\C=C\[C@@H](O)C/C=C\CC. The molecule has 3 atom stereocenters. The Morgan fingerprint density at radius 1 is 0.593 bits per heavy atom. The Bertz CT molecular complexity index is 1270. The quantitative estimate of drug-likeness (QED) is 0.0166. The topological polar surface area (TPSA) is 160 Å². The second-order valence-electron chi connectivity index (χ2n) is 12.5. The summed E-state index contributed by atoms with van der Waals surface area (Å²) < 4.78 is 26.2. The molecule has 0 spiro atoms. The third-order valence-electron chi connectivity index (χ3n) is 7.46. The lowest BCUT2D eigenvalue weighted by Crippen LogP contribution is -2.29. The molecule has 0 unspecified atom stereocenters. The Balaban J connectivity index is 4.29. The fourth-order valence-electron chi connectivity index (χ4n) is 4.60. The van der Waals surface area contributed by atoms with Crippen LogP contribution in [0.3, 0.4) is 0 Å². The van der Waals surface area contributed by atoms with Crippen LogP contribution in [0.15, 0.2) is 109 Å². The first-order valence-corrected chi connectivity index (χ1v) is 20.9. The van der Waals surface area contributed by atoms with Crippen molar-refractivity contribution in [3.05, 3.63) is 109 Å². The van der Waals surface area contributed by atoms with E-state index in [9.17, 15) is 24.4 Å². The number of rotatable bonds is 33.